The van der Waals surface area contributed by atoms with Gasteiger partial charge >= 0.3 is 11.9 Å². The Bertz CT molecular complexity index is 348. The summed E-state index contributed by atoms with van der Waals surface area (Å²) < 4.78 is 4.28. The van der Waals surface area contributed by atoms with E-state index in [2.05, 4.69) is 4.74 Å². The zero-order valence-corrected chi connectivity index (χ0v) is 11.4. The van der Waals surface area contributed by atoms with Gasteiger partial charge in [-0.05, 0) is 12.1 Å². The number of rotatable bonds is 1. The molecule has 0 amide bonds. The third-order valence-electron chi connectivity index (χ3n) is 1.36. The molecular weight excluding hydrogens is 379 g/mol. The molecule has 0 aliphatic heterocycles. The summed E-state index contributed by atoms with van der Waals surface area (Å²) in [5.74, 6) is -1.74. The van der Waals surface area contributed by atoms with Gasteiger partial charge in [0.15, 0.2) is 0 Å². The van der Waals surface area contributed by atoms with Gasteiger partial charge in [-0.3, -0.25) is 4.79 Å². The van der Waals surface area contributed by atoms with E-state index in [0.717, 1.165) is 6.92 Å². The molecule has 0 atom stereocenters. The quantitative estimate of drug-likeness (QED) is 0.438. The average Bonchev–Trinajstić information content (AvgIpc) is 2.03. The van der Waals surface area contributed by atoms with Gasteiger partial charge in [0.05, 0.1) is 0 Å². The van der Waals surface area contributed by atoms with Crippen LogP contribution in [0.1, 0.15) is 17.3 Å². The SMILES string of the molecule is CC(=O)OC(=O)c1ccccc1O.[Pb]. The fraction of sp³-hybridized carbons (Fsp3) is 0.111. The first kappa shape index (κ1) is 13.1. The zero-order chi connectivity index (χ0) is 9.84. The Morgan fingerprint density at radius 3 is 2.36 bits per heavy atom. The standard InChI is InChI=1S/C9H8O4.Pb/c1-6(10)13-9(12)7-4-2-3-5-8(7)11;/h2-5,11H,1H3;. The van der Waals surface area contributed by atoms with E-state index in [0.29, 0.717) is 0 Å². The van der Waals surface area contributed by atoms with Gasteiger partial charge in [-0.15, -0.1) is 0 Å². The molecule has 1 aromatic carbocycles. The Balaban J connectivity index is 0.00000169. The summed E-state index contributed by atoms with van der Waals surface area (Å²) in [5.41, 5.74) is -0.0160. The minimum Gasteiger partial charge on any atom is -0.507 e. The van der Waals surface area contributed by atoms with Crippen LogP contribution in [0.3, 0.4) is 0 Å². The van der Waals surface area contributed by atoms with Crippen molar-refractivity contribution in [1.29, 1.82) is 0 Å². The maximum Gasteiger partial charge on any atom is 0.349 e. The molecule has 1 aromatic rings. The fourth-order valence-corrected chi connectivity index (χ4v) is 0.832. The molecule has 0 heterocycles. The van der Waals surface area contributed by atoms with Gasteiger partial charge in [0.1, 0.15) is 11.3 Å². The molecule has 0 bridgehead atoms. The van der Waals surface area contributed by atoms with E-state index in [1.165, 1.54) is 12.1 Å². The van der Waals surface area contributed by atoms with Crippen LogP contribution in [-0.4, -0.2) is 44.3 Å². The molecular formula is C9H8O4Pb. The van der Waals surface area contributed by atoms with E-state index in [1.54, 1.807) is 12.1 Å². The average molecular weight is 387 g/mol. The molecule has 0 saturated heterocycles. The predicted octanol–water partition coefficient (Wildman–Crippen LogP) is 0.715. The number of benzene rings is 1. The summed E-state index contributed by atoms with van der Waals surface area (Å²) in [6.45, 7) is 1.12. The van der Waals surface area contributed by atoms with Gasteiger partial charge in [0.2, 0.25) is 0 Å². The van der Waals surface area contributed by atoms with Crippen molar-refractivity contribution in [3.63, 3.8) is 0 Å². The number of aromatic hydroxyl groups is 1. The van der Waals surface area contributed by atoms with Crippen molar-refractivity contribution in [1.82, 2.24) is 0 Å². The molecule has 4 nitrogen and oxygen atoms in total. The van der Waals surface area contributed by atoms with Crippen LogP contribution in [-0.2, 0) is 9.53 Å². The Kier molecular flexibility index (Phi) is 5.36. The summed E-state index contributed by atoms with van der Waals surface area (Å²) >= 11 is 0. The van der Waals surface area contributed by atoms with Crippen molar-refractivity contribution in [2.75, 3.05) is 0 Å². The maximum atomic E-state index is 11.1. The first-order valence-corrected chi connectivity index (χ1v) is 3.62. The number of para-hydroxylation sites is 1. The number of carbonyl (C=O) groups excluding carboxylic acids is 2. The first-order chi connectivity index (χ1) is 6.11. The normalized spacial score (nSPS) is 8.64. The number of esters is 2. The summed E-state index contributed by atoms with van der Waals surface area (Å²) in [4.78, 5) is 21.5. The third kappa shape index (κ3) is 3.45. The van der Waals surface area contributed by atoms with Crippen LogP contribution in [0.25, 0.3) is 0 Å². The Morgan fingerprint density at radius 2 is 1.86 bits per heavy atom. The Hall–Kier alpha value is -0.918. The summed E-state index contributed by atoms with van der Waals surface area (Å²) in [7, 11) is 0. The van der Waals surface area contributed by atoms with E-state index in [-0.39, 0.29) is 38.6 Å². The van der Waals surface area contributed by atoms with Crippen molar-refractivity contribution in [2.45, 2.75) is 6.92 Å². The van der Waals surface area contributed by atoms with Crippen LogP contribution >= 0.6 is 0 Å². The van der Waals surface area contributed by atoms with Crippen molar-refractivity contribution < 1.29 is 19.4 Å². The van der Waals surface area contributed by atoms with Crippen LogP contribution in [0.15, 0.2) is 24.3 Å². The molecule has 14 heavy (non-hydrogen) atoms. The van der Waals surface area contributed by atoms with Gasteiger partial charge in [-0.2, -0.15) is 0 Å². The second-order valence-electron chi connectivity index (χ2n) is 2.40. The fourth-order valence-electron chi connectivity index (χ4n) is 0.832. The molecule has 0 aliphatic rings. The van der Waals surface area contributed by atoms with Gasteiger partial charge in [-0.1, -0.05) is 12.1 Å². The number of hydrogen-bond acceptors (Lipinski definition) is 4. The van der Waals surface area contributed by atoms with E-state index >= 15 is 0 Å². The molecule has 0 spiro atoms. The molecule has 4 radical (unpaired) electrons. The largest absolute Gasteiger partial charge is 0.507 e. The molecule has 1 N–H and O–H groups in total. The van der Waals surface area contributed by atoms with Gasteiger partial charge in [-0.25, -0.2) is 4.79 Å². The van der Waals surface area contributed by atoms with E-state index in [4.69, 9.17) is 0 Å². The van der Waals surface area contributed by atoms with Gasteiger partial charge in [0, 0.05) is 34.2 Å². The van der Waals surface area contributed by atoms with Crippen LogP contribution in [0.2, 0.25) is 0 Å². The first-order valence-electron chi connectivity index (χ1n) is 3.62. The summed E-state index contributed by atoms with van der Waals surface area (Å²) in [5, 5.41) is 9.18. The number of carbonyl (C=O) groups is 2. The maximum absolute atomic E-state index is 11.1. The van der Waals surface area contributed by atoms with Crippen LogP contribution in [0.4, 0.5) is 0 Å². The smallest absolute Gasteiger partial charge is 0.349 e. The molecule has 1 rings (SSSR count). The van der Waals surface area contributed by atoms with Crippen LogP contribution in [0, 0.1) is 0 Å². The monoisotopic (exact) mass is 388 g/mol. The minimum atomic E-state index is -0.842. The second kappa shape index (κ2) is 5.74. The molecule has 0 fully saturated rings. The van der Waals surface area contributed by atoms with Crippen molar-refractivity contribution in [3.05, 3.63) is 29.8 Å². The molecule has 5 heteroatoms. The summed E-state index contributed by atoms with van der Waals surface area (Å²) in [6, 6.07) is 5.85. The van der Waals surface area contributed by atoms with E-state index in [1.807, 2.05) is 0 Å². The minimum absolute atomic E-state index is 0. The molecule has 0 saturated carbocycles. The molecule has 0 aromatic heterocycles. The molecule has 0 aliphatic carbocycles. The molecule has 0 unspecified atom stereocenters. The van der Waals surface area contributed by atoms with E-state index < -0.39 is 11.9 Å². The Labute approximate surface area is 101 Å². The van der Waals surface area contributed by atoms with E-state index in [9.17, 15) is 14.7 Å². The topological polar surface area (TPSA) is 63.6 Å². The predicted molar refractivity (Wildman–Crippen MR) is 50.0 cm³/mol. The van der Waals surface area contributed by atoms with Crippen molar-refractivity contribution >= 4 is 39.2 Å². The number of phenolic OH excluding ortho intramolecular Hbond substituents is 1. The summed E-state index contributed by atoms with van der Waals surface area (Å²) in [6.07, 6.45) is 0. The van der Waals surface area contributed by atoms with Crippen LogP contribution in [0.5, 0.6) is 5.75 Å². The third-order valence-corrected chi connectivity index (χ3v) is 1.36. The van der Waals surface area contributed by atoms with Crippen molar-refractivity contribution in [2.24, 2.45) is 0 Å². The second-order valence-corrected chi connectivity index (χ2v) is 2.40. The van der Waals surface area contributed by atoms with Crippen LogP contribution < -0.4 is 0 Å². The molecule has 72 valence electrons. The number of ether oxygens (including phenoxy) is 1. The van der Waals surface area contributed by atoms with Gasteiger partial charge < -0.3 is 9.84 Å². The Morgan fingerprint density at radius 1 is 1.29 bits per heavy atom. The number of hydrogen-bond donors (Lipinski definition) is 1. The van der Waals surface area contributed by atoms with Gasteiger partial charge in [0.25, 0.3) is 0 Å². The van der Waals surface area contributed by atoms with Crippen molar-refractivity contribution in [3.8, 4) is 5.75 Å². The zero-order valence-electron chi connectivity index (χ0n) is 7.48. The number of phenols is 1.